The normalized spacial score (nSPS) is 11.0. The number of hydrogen-bond donors (Lipinski definition) is 0. The van der Waals surface area contributed by atoms with Gasteiger partial charge in [0, 0.05) is 22.0 Å². The third-order valence-corrected chi connectivity index (χ3v) is 10.6. The number of benzene rings is 7. The minimum Gasteiger partial charge on any atom is -0.309 e. The van der Waals surface area contributed by atoms with E-state index in [1.807, 2.05) is 60.7 Å². The summed E-state index contributed by atoms with van der Waals surface area (Å²) in [7, 11) is 0. The fraction of sp³-hybridized carbons (Fsp3) is 0. The number of rotatable bonds is 5. The second-order valence-corrected chi connectivity index (χ2v) is 13.6. The van der Waals surface area contributed by atoms with Gasteiger partial charge in [0.25, 0.3) is 0 Å². The first-order valence-electron chi connectivity index (χ1n) is 16.7. The molecule has 52 heavy (non-hydrogen) atoms. The van der Waals surface area contributed by atoms with Gasteiger partial charge in [-0.15, -0.1) is 11.3 Å². The SMILES string of the molecule is N#Cc1ccc2c(c1)c1cc(-c3cc(-c4ccc(-c5ccc(C#N)c(C#N)c5)cc4)cc(-c4nc5ccccc5s4)c3)ccc1n2-c1ccccc1. The molecule has 0 radical (unpaired) electrons. The Labute approximate surface area is 303 Å². The molecule has 0 fully saturated rings. The standard InChI is InChI=1S/C46H25N5S/c47-26-29-10-18-43-40(20-29)41-25-33(17-19-44(41)51(43)39-6-2-1-3-7-39)36-22-35(23-37(24-36)46-50-42-8-4-5-9-45(42)52-46)31-13-11-30(12-14-31)32-15-16-34(27-48)38(21-32)28-49/h1-25H. The van der Waals surface area contributed by atoms with E-state index in [-0.39, 0.29) is 0 Å². The smallest absolute Gasteiger partial charge is 0.124 e. The lowest BCUT2D eigenvalue weighted by atomic mass is 9.94. The highest BCUT2D eigenvalue weighted by Crippen LogP contribution is 2.40. The van der Waals surface area contributed by atoms with Gasteiger partial charge in [0.1, 0.15) is 17.1 Å². The molecule has 0 unspecified atom stereocenters. The van der Waals surface area contributed by atoms with Crippen molar-refractivity contribution in [2.45, 2.75) is 0 Å². The van der Waals surface area contributed by atoms with Crippen LogP contribution < -0.4 is 0 Å². The van der Waals surface area contributed by atoms with Crippen LogP contribution in [-0.4, -0.2) is 9.55 Å². The number of hydrogen-bond acceptors (Lipinski definition) is 5. The Morgan fingerprint density at radius 2 is 1.06 bits per heavy atom. The summed E-state index contributed by atoms with van der Waals surface area (Å²) < 4.78 is 3.39. The number of fused-ring (bicyclic) bond motifs is 4. The number of nitrogens with zero attached hydrogens (tertiary/aromatic N) is 5. The predicted molar refractivity (Wildman–Crippen MR) is 210 cm³/mol. The molecule has 0 bridgehead atoms. The number of nitriles is 3. The van der Waals surface area contributed by atoms with Gasteiger partial charge in [-0.2, -0.15) is 15.8 Å². The van der Waals surface area contributed by atoms with E-state index in [0.717, 1.165) is 81.7 Å². The van der Waals surface area contributed by atoms with E-state index in [1.165, 1.54) is 0 Å². The summed E-state index contributed by atoms with van der Waals surface area (Å²) in [5, 5.41) is 31.8. The summed E-state index contributed by atoms with van der Waals surface area (Å²) in [4.78, 5) is 5.02. The van der Waals surface area contributed by atoms with E-state index in [2.05, 4.69) is 102 Å². The monoisotopic (exact) mass is 679 g/mol. The van der Waals surface area contributed by atoms with Crippen molar-refractivity contribution in [1.82, 2.24) is 9.55 Å². The minimum absolute atomic E-state index is 0.366. The molecule has 7 aromatic carbocycles. The molecule has 5 nitrogen and oxygen atoms in total. The summed E-state index contributed by atoms with van der Waals surface area (Å²) in [5.74, 6) is 0. The van der Waals surface area contributed by atoms with Gasteiger partial charge in [0.15, 0.2) is 0 Å². The first-order valence-corrected chi connectivity index (χ1v) is 17.5. The molecule has 0 aliphatic rings. The van der Waals surface area contributed by atoms with Crippen molar-refractivity contribution in [3.05, 3.63) is 168 Å². The Morgan fingerprint density at radius 3 is 1.79 bits per heavy atom. The molecule has 0 N–H and O–H groups in total. The van der Waals surface area contributed by atoms with Crippen molar-refractivity contribution in [1.29, 1.82) is 15.8 Å². The van der Waals surface area contributed by atoms with Crippen LogP contribution in [0.25, 0.3) is 81.7 Å². The Morgan fingerprint density at radius 1 is 0.462 bits per heavy atom. The molecule has 0 aliphatic heterocycles. The van der Waals surface area contributed by atoms with Crippen molar-refractivity contribution in [3.8, 4) is 67.8 Å². The van der Waals surface area contributed by atoms with Gasteiger partial charge >= 0.3 is 0 Å². The van der Waals surface area contributed by atoms with Crippen LogP contribution in [-0.2, 0) is 0 Å². The third-order valence-electron chi connectivity index (χ3n) is 9.53. The molecular weight excluding hydrogens is 655 g/mol. The van der Waals surface area contributed by atoms with Gasteiger partial charge in [-0.25, -0.2) is 4.98 Å². The second kappa shape index (κ2) is 12.5. The first-order chi connectivity index (χ1) is 25.6. The van der Waals surface area contributed by atoms with Crippen LogP contribution >= 0.6 is 11.3 Å². The summed E-state index contributed by atoms with van der Waals surface area (Å²) >= 11 is 1.68. The lowest BCUT2D eigenvalue weighted by Crippen LogP contribution is -1.93. The summed E-state index contributed by atoms with van der Waals surface area (Å²) in [6, 6.07) is 57.9. The van der Waals surface area contributed by atoms with Crippen molar-refractivity contribution in [3.63, 3.8) is 0 Å². The van der Waals surface area contributed by atoms with Gasteiger partial charge in [-0.3, -0.25) is 0 Å². The fourth-order valence-corrected chi connectivity index (χ4v) is 7.93. The molecule has 0 saturated heterocycles. The van der Waals surface area contributed by atoms with Crippen LogP contribution in [0.1, 0.15) is 16.7 Å². The highest BCUT2D eigenvalue weighted by molar-refractivity contribution is 7.21. The maximum Gasteiger partial charge on any atom is 0.124 e. The topological polar surface area (TPSA) is 89.2 Å². The highest BCUT2D eigenvalue weighted by Gasteiger charge is 2.16. The summed E-state index contributed by atoms with van der Waals surface area (Å²) in [5.41, 5.74) is 12.6. The van der Waals surface area contributed by atoms with Crippen LogP contribution in [0.15, 0.2) is 152 Å². The first kappa shape index (κ1) is 30.7. The molecule has 0 spiro atoms. The van der Waals surface area contributed by atoms with Gasteiger partial charge in [0.2, 0.25) is 0 Å². The quantitative estimate of drug-likeness (QED) is 0.181. The van der Waals surface area contributed by atoms with E-state index in [4.69, 9.17) is 4.98 Å². The Kier molecular flexibility index (Phi) is 7.41. The minimum atomic E-state index is 0.366. The maximum atomic E-state index is 9.80. The van der Waals surface area contributed by atoms with Crippen LogP contribution in [0.4, 0.5) is 0 Å². The van der Waals surface area contributed by atoms with Crippen molar-refractivity contribution in [2.75, 3.05) is 0 Å². The zero-order chi connectivity index (χ0) is 35.2. The van der Waals surface area contributed by atoms with E-state index in [9.17, 15) is 15.8 Å². The van der Waals surface area contributed by atoms with Gasteiger partial charge < -0.3 is 4.57 Å². The second-order valence-electron chi connectivity index (χ2n) is 12.6. The lowest BCUT2D eigenvalue weighted by molar-refractivity contribution is 1.18. The van der Waals surface area contributed by atoms with Gasteiger partial charge in [-0.1, -0.05) is 66.7 Å². The molecule has 2 heterocycles. The van der Waals surface area contributed by atoms with Gasteiger partial charge in [-0.05, 0) is 118 Å². The van der Waals surface area contributed by atoms with Gasteiger partial charge in [0.05, 0.1) is 44.0 Å². The summed E-state index contributed by atoms with van der Waals surface area (Å²) in [6.07, 6.45) is 0. The Balaban J connectivity index is 1.21. The van der Waals surface area contributed by atoms with E-state index in [1.54, 1.807) is 23.5 Å². The van der Waals surface area contributed by atoms with Crippen LogP contribution in [0.2, 0.25) is 0 Å². The molecular formula is C46H25N5S. The third kappa shape index (κ3) is 5.27. The maximum absolute atomic E-state index is 9.80. The zero-order valence-corrected chi connectivity index (χ0v) is 28.4. The van der Waals surface area contributed by atoms with Crippen LogP contribution in [0.5, 0.6) is 0 Å². The molecule has 9 rings (SSSR count). The zero-order valence-electron chi connectivity index (χ0n) is 27.6. The number of para-hydroxylation sites is 2. The summed E-state index contributed by atoms with van der Waals surface area (Å²) in [6.45, 7) is 0. The average Bonchev–Trinajstić information content (AvgIpc) is 3.80. The average molecular weight is 680 g/mol. The lowest BCUT2D eigenvalue weighted by Gasteiger charge is -2.12. The largest absolute Gasteiger partial charge is 0.309 e. The van der Waals surface area contributed by atoms with E-state index >= 15 is 0 Å². The molecule has 6 heteroatoms. The van der Waals surface area contributed by atoms with E-state index in [0.29, 0.717) is 16.7 Å². The molecule has 0 amide bonds. The van der Waals surface area contributed by atoms with E-state index < -0.39 is 0 Å². The molecule has 9 aromatic rings. The molecule has 0 aliphatic carbocycles. The van der Waals surface area contributed by atoms with Crippen LogP contribution in [0.3, 0.4) is 0 Å². The number of thiazole rings is 1. The predicted octanol–water partition coefficient (Wildman–Crippen LogP) is 11.7. The van der Waals surface area contributed by atoms with Crippen molar-refractivity contribution >= 4 is 43.4 Å². The molecule has 240 valence electrons. The highest BCUT2D eigenvalue weighted by atomic mass is 32.1. The van der Waals surface area contributed by atoms with Crippen molar-refractivity contribution < 1.29 is 0 Å². The fourth-order valence-electron chi connectivity index (χ4n) is 6.98. The molecule has 2 aromatic heterocycles. The number of aromatic nitrogens is 2. The molecule has 0 atom stereocenters. The van der Waals surface area contributed by atoms with Crippen LogP contribution in [0, 0.1) is 34.0 Å². The Bertz CT molecular complexity index is 2950. The molecule has 0 saturated carbocycles. The van der Waals surface area contributed by atoms with Crippen molar-refractivity contribution in [2.24, 2.45) is 0 Å². The Hall–Kier alpha value is -7.30.